The van der Waals surface area contributed by atoms with Gasteiger partial charge >= 0.3 is 6.18 Å². The number of nitrogens with one attached hydrogen (secondary N) is 2. The molecule has 0 aliphatic carbocycles. The molecular weight excluding hydrogens is 293 g/mol. The van der Waals surface area contributed by atoms with Gasteiger partial charge in [0.05, 0.1) is 5.56 Å². The van der Waals surface area contributed by atoms with Crippen LogP contribution in [0.25, 0.3) is 0 Å². The van der Waals surface area contributed by atoms with Gasteiger partial charge in [-0.05, 0) is 49.0 Å². The minimum Gasteiger partial charge on any atom is -0.355 e. The van der Waals surface area contributed by atoms with Crippen molar-refractivity contribution in [3.05, 3.63) is 35.4 Å². The van der Waals surface area contributed by atoms with E-state index in [0.717, 1.165) is 43.6 Å². The fourth-order valence-corrected chi connectivity index (χ4v) is 3.76. The van der Waals surface area contributed by atoms with E-state index in [4.69, 9.17) is 0 Å². The Kier molecular flexibility index (Phi) is 3.89. The van der Waals surface area contributed by atoms with Crippen LogP contribution in [-0.4, -0.2) is 25.5 Å². The highest BCUT2D eigenvalue weighted by Crippen LogP contribution is 2.47. The third-order valence-corrected chi connectivity index (χ3v) is 4.99. The van der Waals surface area contributed by atoms with Gasteiger partial charge in [-0.1, -0.05) is 12.1 Å². The number of hydrogen-bond acceptors (Lipinski definition) is 2. The van der Waals surface area contributed by atoms with Gasteiger partial charge in [0.1, 0.15) is 0 Å². The lowest BCUT2D eigenvalue weighted by Gasteiger charge is -2.46. The molecule has 1 amide bonds. The van der Waals surface area contributed by atoms with Crippen LogP contribution in [0.5, 0.6) is 0 Å². The van der Waals surface area contributed by atoms with Gasteiger partial charge in [0, 0.05) is 18.9 Å². The Labute approximate surface area is 127 Å². The molecule has 2 aliphatic heterocycles. The van der Waals surface area contributed by atoms with Gasteiger partial charge in [0.15, 0.2) is 0 Å². The summed E-state index contributed by atoms with van der Waals surface area (Å²) in [5.41, 5.74) is 0.123. The highest BCUT2D eigenvalue weighted by atomic mass is 19.4. The Hall–Kier alpha value is -1.56. The Morgan fingerprint density at radius 1 is 1.09 bits per heavy atom. The second-order valence-corrected chi connectivity index (χ2v) is 6.27. The zero-order valence-electron chi connectivity index (χ0n) is 12.2. The van der Waals surface area contributed by atoms with Crippen LogP contribution in [0, 0.1) is 5.41 Å². The van der Waals surface area contributed by atoms with Crippen LogP contribution in [0.2, 0.25) is 0 Å². The summed E-state index contributed by atoms with van der Waals surface area (Å²) < 4.78 is 38.1. The summed E-state index contributed by atoms with van der Waals surface area (Å²) in [6.07, 6.45) is -2.09. The van der Waals surface area contributed by atoms with Crippen molar-refractivity contribution in [2.45, 2.75) is 31.4 Å². The summed E-state index contributed by atoms with van der Waals surface area (Å²) >= 11 is 0. The zero-order chi connectivity index (χ0) is 15.8. The molecule has 2 saturated heterocycles. The topological polar surface area (TPSA) is 41.1 Å². The number of alkyl halides is 3. The molecule has 0 saturated carbocycles. The predicted octanol–water partition coefficient (Wildman–Crippen LogP) is 2.68. The van der Waals surface area contributed by atoms with Gasteiger partial charge < -0.3 is 10.6 Å². The van der Waals surface area contributed by atoms with E-state index in [2.05, 4.69) is 10.6 Å². The van der Waals surface area contributed by atoms with Crippen molar-refractivity contribution in [2.24, 2.45) is 5.41 Å². The number of carbonyl (C=O) groups is 1. The molecule has 0 bridgehead atoms. The molecule has 120 valence electrons. The van der Waals surface area contributed by atoms with Crippen LogP contribution in [0.15, 0.2) is 24.3 Å². The Balaban J connectivity index is 1.89. The van der Waals surface area contributed by atoms with Crippen LogP contribution in [0.3, 0.4) is 0 Å². The third kappa shape index (κ3) is 2.84. The first-order chi connectivity index (χ1) is 10.4. The van der Waals surface area contributed by atoms with Crippen LogP contribution in [-0.2, 0) is 11.0 Å². The predicted molar refractivity (Wildman–Crippen MR) is 76.3 cm³/mol. The van der Waals surface area contributed by atoms with E-state index >= 15 is 0 Å². The second kappa shape index (κ2) is 5.57. The van der Waals surface area contributed by atoms with Gasteiger partial charge in [-0.25, -0.2) is 0 Å². The lowest BCUT2D eigenvalue weighted by Crippen LogP contribution is -2.51. The molecule has 1 aromatic rings. The van der Waals surface area contributed by atoms with Crippen molar-refractivity contribution in [2.75, 3.05) is 19.6 Å². The quantitative estimate of drug-likeness (QED) is 0.837. The molecule has 1 unspecified atom stereocenters. The molecule has 1 aromatic carbocycles. The minimum absolute atomic E-state index is 0.0464. The van der Waals surface area contributed by atoms with E-state index in [-0.39, 0.29) is 17.2 Å². The molecule has 2 N–H and O–H groups in total. The molecule has 3 rings (SSSR count). The summed E-state index contributed by atoms with van der Waals surface area (Å²) in [5, 5.41) is 6.16. The largest absolute Gasteiger partial charge is 0.416 e. The number of rotatable bonds is 1. The van der Waals surface area contributed by atoms with Crippen molar-refractivity contribution in [3.8, 4) is 0 Å². The Morgan fingerprint density at radius 2 is 1.73 bits per heavy atom. The fraction of sp³-hybridized carbons (Fsp3) is 0.562. The molecule has 0 radical (unpaired) electrons. The number of amides is 1. The smallest absolute Gasteiger partial charge is 0.355 e. The SMILES string of the molecule is O=C1CC2(CCNCC2)C(c2ccc(C(F)(F)F)cc2)CN1. The molecule has 2 fully saturated rings. The van der Waals surface area contributed by atoms with Crippen molar-refractivity contribution >= 4 is 5.91 Å². The summed E-state index contributed by atoms with van der Waals surface area (Å²) in [4.78, 5) is 11.8. The van der Waals surface area contributed by atoms with Gasteiger partial charge in [-0.3, -0.25) is 4.79 Å². The second-order valence-electron chi connectivity index (χ2n) is 6.27. The molecule has 6 heteroatoms. The zero-order valence-corrected chi connectivity index (χ0v) is 12.2. The van der Waals surface area contributed by atoms with Crippen molar-refractivity contribution in [1.82, 2.24) is 10.6 Å². The standard InChI is InChI=1S/C16H19F3N2O/c17-16(18,19)12-3-1-11(2-4-12)13-10-21-14(22)9-15(13)5-7-20-8-6-15/h1-4,13,20H,5-10H2,(H,21,22). The van der Waals surface area contributed by atoms with Crippen LogP contribution >= 0.6 is 0 Å². The average molecular weight is 312 g/mol. The first-order valence-electron chi connectivity index (χ1n) is 7.55. The van der Waals surface area contributed by atoms with E-state index in [1.807, 2.05) is 0 Å². The van der Waals surface area contributed by atoms with Crippen LogP contribution in [0.1, 0.15) is 36.3 Å². The molecule has 1 atom stereocenters. The van der Waals surface area contributed by atoms with Gasteiger partial charge in [-0.15, -0.1) is 0 Å². The Bertz CT molecular complexity index is 548. The van der Waals surface area contributed by atoms with Crippen LogP contribution in [0.4, 0.5) is 13.2 Å². The molecule has 1 spiro atoms. The summed E-state index contributed by atoms with van der Waals surface area (Å²) in [7, 11) is 0. The Morgan fingerprint density at radius 3 is 2.32 bits per heavy atom. The molecule has 2 heterocycles. The van der Waals surface area contributed by atoms with Gasteiger partial charge in [0.25, 0.3) is 0 Å². The maximum atomic E-state index is 12.7. The van der Waals surface area contributed by atoms with Gasteiger partial charge in [-0.2, -0.15) is 13.2 Å². The normalized spacial score (nSPS) is 25.0. The molecule has 22 heavy (non-hydrogen) atoms. The van der Waals surface area contributed by atoms with Crippen molar-refractivity contribution < 1.29 is 18.0 Å². The van der Waals surface area contributed by atoms with E-state index < -0.39 is 11.7 Å². The monoisotopic (exact) mass is 312 g/mol. The molecule has 2 aliphatic rings. The highest BCUT2D eigenvalue weighted by molar-refractivity contribution is 5.78. The van der Waals surface area contributed by atoms with Crippen molar-refractivity contribution in [3.63, 3.8) is 0 Å². The first kappa shape index (κ1) is 15.3. The first-order valence-corrected chi connectivity index (χ1v) is 7.55. The lowest BCUT2D eigenvalue weighted by molar-refractivity contribution is -0.137. The molecule has 3 nitrogen and oxygen atoms in total. The third-order valence-electron chi connectivity index (χ3n) is 4.99. The van der Waals surface area contributed by atoms with E-state index in [1.165, 1.54) is 0 Å². The maximum Gasteiger partial charge on any atom is 0.416 e. The van der Waals surface area contributed by atoms with E-state index in [1.54, 1.807) is 12.1 Å². The molecule has 0 aromatic heterocycles. The lowest BCUT2D eigenvalue weighted by atomic mass is 9.63. The van der Waals surface area contributed by atoms with Gasteiger partial charge in [0.2, 0.25) is 5.91 Å². The molecular formula is C16H19F3N2O. The summed E-state index contributed by atoms with van der Waals surface area (Å²) in [5.74, 6) is 0.125. The summed E-state index contributed by atoms with van der Waals surface area (Å²) in [6.45, 7) is 2.21. The number of hydrogen-bond donors (Lipinski definition) is 2. The minimum atomic E-state index is -4.31. The fourth-order valence-electron chi connectivity index (χ4n) is 3.76. The number of carbonyl (C=O) groups excluding carboxylic acids is 1. The van der Waals surface area contributed by atoms with E-state index in [0.29, 0.717) is 13.0 Å². The van der Waals surface area contributed by atoms with E-state index in [9.17, 15) is 18.0 Å². The van der Waals surface area contributed by atoms with Crippen LogP contribution < -0.4 is 10.6 Å². The average Bonchev–Trinajstić information content (AvgIpc) is 2.47. The van der Waals surface area contributed by atoms with Crippen molar-refractivity contribution in [1.29, 1.82) is 0 Å². The number of halogens is 3. The number of benzene rings is 1. The highest BCUT2D eigenvalue weighted by Gasteiger charge is 2.45. The number of piperidine rings is 2. The maximum absolute atomic E-state index is 12.7. The summed E-state index contributed by atoms with van der Waals surface area (Å²) in [6, 6.07) is 5.41.